The highest BCUT2D eigenvalue weighted by Gasteiger charge is 2.14. The fraction of sp³-hybridized carbons (Fsp3) is 0.939. The van der Waals surface area contributed by atoms with Gasteiger partial charge < -0.3 is 51.0 Å². The number of carbonyl (C=O) groups is 4. The first-order valence-corrected chi connectivity index (χ1v) is 36.3. The number of esters is 3. The maximum atomic E-state index is 11.5. The van der Waals surface area contributed by atoms with E-state index in [1.165, 1.54) is 218 Å². The van der Waals surface area contributed by atoms with Crippen molar-refractivity contribution in [1.82, 2.24) is 10.6 Å². The molecule has 0 aromatic rings. The van der Waals surface area contributed by atoms with Crippen molar-refractivity contribution in [2.45, 2.75) is 334 Å². The molecule has 0 heterocycles. The Hall–Kier alpha value is -0.470. The minimum atomic E-state index is -0.333. The van der Waals surface area contributed by atoms with Crippen molar-refractivity contribution >= 4 is 82.8 Å². The SMILES string of the molecule is CC(Br)C(=O)Br.CCCCCCCCCCCCO.CCCCCCCCCCCCOC(=O)C(C)Br.CCCCCCCCCCCCOC(=O)C(C)NCCO.CCCCCCCCCCCCOC(=O)C(C)NCCO.Cl.NCCO. The zero-order valence-corrected chi connectivity index (χ0v) is 61.0. The molecule has 0 saturated heterocycles. The molecule has 0 amide bonds. The van der Waals surface area contributed by atoms with Gasteiger partial charge in [0.2, 0.25) is 4.69 Å². The molecule has 0 radical (unpaired) electrons. The highest BCUT2D eigenvalue weighted by atomic mass is 79.9. The van der Waals surface area contributed by atoms with E-state index in [9.17, 15) is 19.2 Å². The molecule has 0 fully saturated rings. The summed E-state index contributed by atoms with van der Waals surface area (Å²) in [5.41, 5.74) is 4.78. The first-order chi connectivity index (χ1) is 40.1. The van der Waals surface area contributed by atoms with Crippen molar-refractivity contribution in [3.05, 3.63) is 0 Å². The van der Waals surface area contributed by atoms with Crippen LogP contribution in [0.15, 0.2) is 0 Å². The average Bonchev–Trinajstić information content (AvgIpc) is 3.48. The standard InChI is InChI=1S/2C17H35NO3.C15H29BrO2.C12H26O.C3H4Br2O.C2H7NO.ClH/c2*1-3-4-5-6-7-8-9-10-11-12-15-21-17(20)16(2)18-13-14-19;1-3-4-5-6-7-8-9-10-11-12-13-18-15(17)14(2)16;1-2-3-4-5-6-7-8-9-10-11-12-13;1-2(4)3(5)6;3-1-2-4;/h2*16,18-19H,3-15H2,1-2H3;14H,3-13H2,1-2H3;13H,2-12H2,1H3;2H,1H3;4H,1-3H2;1H. The molecule has 8 N–H and O–H groups in total. The maximum Gasteiger partial charge on any atom is 0.322 e. The first-order valence-electron chi connectivity index (χ1n) is 33.7. The van der Waals surface area contributed by atoms with Crippen LogP contribution in [0.1, 0.15) is 312 Å². The highest BCUT2D eigenvalue weighted by molar-refractivity contribution is 9.20. The van der Waals surface area contributed by atoms with Gasteiger partial charge in [-0.15, -0.1) is 12.4 Å². The number of hydrogen-bond acceptors (Lipinski definition) is 14. The molecule has 18 heteroatoms. The van der Waals surface area contributed by atoms with Crippen LogP contribution in [-0.2, 0) is 33.4 Å². The Labute approximate surface area is 549 Å². The number of carbonyl (C=O) groups excluding carboxylic acids is 4. The van der Waals surface area contributed by atoms with Crippen LogP contribution in [0.5, 0.6) is 0 Å². The summed E-state index contributed by atoms with van der Waals surface area (Å²) in [6.07, 6.45) is 51.9. The van der Waals surface area contributed by atoms with E-state index in [-0.39, 0.29) is 76.6 Å². The van der Waals surface area contributed by atoms with Crippen molar-refractivity contribution in [1.29, 1.82) is 0 Å². The molecule has 0 aliphatic carbocycles. The van der Waals surface area contributed by atoms with Gasteiger partial charge in [0.1, 0.15) is 16.9 Å². The second-order valence-electron chi connectivity index (χ2n) is 21.8. The number of hydrogen-bond donors (Lipinski definition) is 7. The third kappa shape index (κ3) is 97.8. The number of nitrogens with one attached hydrogen (secondary N) is 2. The lowest BCUT2D eigenvalue weighted by Crippen LogP contribution is -2.37. The number of nitrogens with two attached hydrogens (primary N) is 1. The minimum absolute atomic E-state index is 0. The van der Waals surface area contributed by atoms with E-state index in [2.05, 4.69) is 86.1 Å². The van der Waals surface area contributed by atoms with Crippen molar-refractivity contribution in [2.75, 3.05) is 65.9 Å². The van der Waals surface area contributed by atoms with Crippen LogP contribution in [0.25, 0.3) is 0 Å². The second-order valence-corrected chi connectivity index (χ2v) is 25.3. The zero-order chi connectivity index (χ0) is 63.5. The first kappa shape index (κ1) is 97.1. The van der Waals surface area contributed by atoms with Gasteiger partial charge in [0.25, 0.3) is 0 Å². The number of alkyl halides is 2. The van der Waals surface area contributed by atoms with Crippen molar-refractivity contribution in [3.8, 4) is 0 Å². The Morgan fingerprint density at radius 3 is 0.738 bits per heavy atom. The van der Waals surface area contributed by atoms with Gasteiger partial charge in [-0.2, -0.15) is 0 Å². The normalized spacial score (nSPS) is 11.8. The van der Waals surface area contributed by atoms with Crippen LogP contribution in [0.4, 0.5) is 0 Å². The van der Waals surface area contributed by atoms with Crippen LogP contribution in [-0.4, -0.2) is 131 Å². The lowest BCUT2D eigenvalue weighted by Gasteiger charge is -2.12. The van der Waals surface area contributed by atoms with E-state index >= 15 is 0 Å². The molecule has 0 aromatic heterocycles. The summed E-state index contributed by atoms with van der Waals surface area (Å²) in [6.45, 7) is 19.5. The van der Waals surface area contributed by atoms with E-state index in [0.717, 1.165) is 38.5 Å². The van der Waals surface area contributed by atoms with E-state index in [0.29, 0.717) is 46.1 Å². The van der Waals surface area contributed by atoms with Gasteiger partial charge >= 0.3 is 17.9 Å². The van der Waals surface area contributed by atoms with Crippen LogP contribution < -0.4 is 16.4 Å². The quantitative estimate of drug-likeness (QED) is 0.00989. The lowest BCUT2D eigenvalue weighted by atomic mass is 10.1. The molecule has 4 unspecified atom stereocenters. The predicted molar refractivity (Wildman–Crippen MR) is 371 cm³/mol. The van der Waals surface area contributed by atoms with Gasteiger partial charge in [-0.3, -0.25) is 19.2 Å². The summed E-state index contributed by atoms with van der Waals surface area (Å²) in [7, 11) is 0. The Morgan fingerprint density at radius 1 is 0.357 bits per heavy atom. The molecule has 0 spiro atoms. The summed E-state index contributed by atoms with van der Waals surface area (Å²) in [5, 5.41) is 39.4. The molecule has 510 valence electrons. The molecule has 0 aliphatic rings. The molecule has 0 rings (SSSR count). The van der Waals surface area contributed by atoms with Gasteiger partial charge in [-0.25, -0.2) is 0 Å². The fourth-order valence-electron chi connectivity index (χ4n) is 7.98. The molecule has 14 nitrogen and oxygen atoms in total. The van der Waals surface area contributed by atoms with Gasteiger partial charge in [0, 0.05) is 26.2 Å². The highest BCUT2D eigenvalue weighted by Crippen LogP contribution is 2.14. The van der Waals surface area contributed by atoms with Gasteiger partial charge in [-0.1, -0.05) is 291 Å². The number of aliphatic hydroxyl groups excluding tert-OH is 4. The average molecular weight is 1420 g/mol. The number of unbranched alkanes of at least 4 members (excludes halogenated alkanes) is 36. The molecule has 4 atom stereocenters. The summed E-state index contributed by atoms with van der Waals surface area (Å²) in [5.74, 6) is -0.593. The van der Waals surface area contributed by atoms with E-state index < -0.39 is 0 Å². The Balaban J connectivity index is -0.000000179. The van der Waals surface area contributed by atoms with Crippen molar-refractivity contribution < 1.29 is 53.8 Å². The molecular formula is C66H137Br3ClN3O11. The van der Waals surface area contributed by atoms with E-state index in [4.69, 9.17) is 40.4 Å². The summed E-state index contributed by atoms with van der Waals surface area (Å²) < 4.78 is 15.5. The van der Waals surface area contributed by atoms with Gasteiger partial charge in [0.05, 0.1) is 44.5 Å². The van der Waals surface area contributed by atoms with Crippen molar-refractivity contribution in [2.24, 2.45) is 5.73 Å². The minimum Gasteiger partial charge on any atom is -0.465 e. The summed E-state index contributed by atoms with van der Waals surface area (Å²) >= 11 is 8.99. The summed E-state index contributed by atoms with van der Waals surface area (Å²) in [4.78, 5) is 44.0. The van der Waals surface area contributed by atoms with Gasteiger partial charge in [-0.05, 0) is 69.3 Å². The number of aliphatic hydroxyl groups is 4. The number of ether oxygens (including phenoxy) is 3. The Morgan fingerprint density at radius 2 is 0.560 bits per heavy atom. The molecule has 0 aromatic carbocycles. The van der Waals surface area contributed by atoms with Crippen molar-refractivity contribution in [3.63, 3.8) is 0 Å². The van der Waals surface area contributed by atoms with Gasteiger partial charge in [0.15, 0.2) is 0 Å². The molecule has 0 bridgehead atoms. The van der Waals surface area contributed by atoms with E-state index in [1.54, 1.807) is 27.7 Å². The van der Waals surface area contributed by atoms with E-state index in [1.807, 2.05) is 0 Å². The largest absolute Gasteiger partial charge is 0.465 e. The topological polar surface area (TPSA) is 227 Å². The predicted octanol–water partition coefficient (Wildman–Crippen LogP) is 17.0. The van der Waals surface area contributed by atoms with Crippen LogP contribution >= 0.6 is 60.2 Å². The molecule has 0 aliphatic heterocycles. The molecular weight excluding hydrogens is 1290 g/mol. The fourth-order valence-corrected chi connectivity index (χ4v) is 8.11. The monoisotopic (exact) mass is 1420 g/mol. The maximum absolute atomic E-state index is 11.5. The third-order valence-electron chi connectivity index (χ3n) is 13.3. The lowest BCUT2D eigenvalue weighted by molar-refractivity contribution is -0.146. The third-order valence-corrected chi connectivity index (χ3v) is 15.4. The number of rotatable bonds is 54. The molecule has 0 saturated carbocycles. The van der Waals surface area contributed by atoms with Crippen LogP contribution in [0.3, 0.4) is 0 Å². The Bertz CT molecular complexity index is 1190. The number of halogens is 4. The molecule has 84 heavy (non-hydrogen) atoms. The van der Waals surface area contributed by atoms with Crippen LogP contribution in [0, 0.1) is 0 Å². The Kier molecular flexibility index (Phi) is 103. The smallest absolute Gasteiger partial charge is 0.322 e. The zero-order valence-electron chi connectivity index (χ0n) is 55.4. The summed E-state index contributed by atoms with van der Waals surface area (Å²) in [6, 6.07) is -0.666. The van der Waals surface area contributed by atoms with Crippen LogP contribution in [0.2, 0.25) is 0 Å². The second kappa shape index (κ2) is 89.0.